The van der Waals surface area contributed by atoms with Gasteiger partial charge in [-0.05, 0) is 99.8 Å². The Morgan fingerprint density at radius 3 is 1.69 bits per heavy atom. The second-order valence-corrected chi connectivity index (χ2v) is 16.0. The van der Waals surface area contributed by atoms with Crippen molar-refractivity contribution in [1.29, 1.82) is 0 Å². The van der Waals surface area contributed by atoms with E-state index in [2.05, 4.69) is 10.5 Å². The lowest BCUT2D eigenvalue weighted by atomic mass is 9.96. The standard InChI is InChI=1S/C50H56N8O6/c1-31-23-25-37(47(61)53(7)39-19-15-13-16-20-39)29-43(31)57(11)51-45(35(5)59)49(63)55(9)41-27-34(4)42(28-33(41)3)56(10)50(64)46(36(6)60)52-58(12)44-30-38(26-24-32(44)2)48(62)54(8)40-21-17-14-18-22-40/h13-29,46H,30H2,1-12H3/p+1/b51-45+. The van der Waals surface area contributed by atoms with Crippen molar-refractivity contribution in [3.05, 3.63) is 137 Å². The number of rotatable bonds is 14. The van der Waals surface area contributed by atoms with Crippen LogP contribution in [-0.2, 0) is 24.0 Å². The lowest BCUT2D eigenvalue weighted by Crippen LogP contribution is -2.53. The van der Waals surface area contributed by atoms with Crippen molar-refractivity contribution >= 4 is 75.1 Å². The van der Waals surface area contributed by atoms with Crippen molar-refractivity contribution in [1.82, 2.24) is 5.43 Å². The Balaban J connectivity index is 1.34. The molecular formula is C50H57N8O6+. The van der Waals surface area contributed by atoms with Gasteiger partial charge in [0, 0.05) is 81.6 Å². The van der Waals surface area contributed by atoms with Gasteiger partial charge in [-0.3, -0.25) is 33.8 Å². The number of amides is 4. The highest BCUT2D eigenvalue weighted by Crippen LogP contribution is 2.30. The van der Waals surface area contributed by atoms with Gasteiger partial charge < -0.3 is 19.6 Å². The van der Waals surface area contributed by atoms with Crippen LogP contribution in [0.15, 0.2) is 119 Å². The minimum atomic E-state index is -1.27. The summed E-state index contributed by atoms with van der Waals surface area (Å²) in [5.74, 6) is -2.56. The number of carbonyl (C=O) groups excluding carboxylic acids is 6. The van der Waals surface area contributed by atoms with Gasteiger partial charge in [-0.2, -0.15) is 10.5 Å². The summed E-state index contributed by atoms with van der Waals surface area (Å²) in [6, 6.07) is 26.0. The predicted molar refractivity (Wildman–Crippen MR) is 255 cm³/mol. The summed E-state index contributed by atoms with van der Waals surface area (Å²) in [6.45, 7) is 9.91. The van der Waals surface area contributed by atoms with Crippen LogP contribution in [0.4, 0.5) is 28.4 Å². The number of hydrogen-bond donors (Lipinski definition) is 1. The third kappa shape index (κ3) is 10.4. The Bertz CT molecular complexity index is 2630. The average Bonchev–Trinajstić information content (AvgIpc) is 3.29. The molecule has 14 nitrogen and oxygen atoms in total. The number of anilines is 5. The minimum Gasteiger partial charge on any atom is -0.313 e. The first-order chi connectivity index (χ1) is 30.2. The molecule has 1 N–H and O–H groups in total. The molecule has 1 aliphatic rings. The second-order valence-electron chi connectivity index (χ2n) is 16.0. The topological polar surface area (TPSA) is 146 Å². The van der Waals surface area contributed by atoms with Gasteiger partial charge >= 0.3 is 0 Å². The molecule has 64 heavy (non-hydrogen) atoms. The van der Waals surface area contributed by atoms with E-state index in [0.717, 1.165) is 28.2 Å². The molecule has 0 bridgehead atoms. The number of hydrazine groups is 1. The van der Waals surface area contributed by atoms with Crippen LogP contribution in [0, 0.1) is 20.8 Å². The molecule has 1 unspecified atom stereocenters. The zero-order valence-electron chi connectivity index (χ0n) is 38.7. The molecule has 1 aliphatic carbocycles. The number of carbonyl (C=O) groups is 6. The van der Waals surface area contributed by atoms with E-state index < -0.39 is 29.4 Å². The number of benzene rings is 4. The van der Waals surface area contributed by atoms with Gasteiger partial charge in [-0.15, -0.1) is 4.68 Å². The van der Waals surface area contributed by atoms with Crippen molar-refractivity contribution in [3.63, 3.8) is 0 Å². The van der Waals surface area contributed by atoms with Crippen molar-refractivity contribution in [2.45, 2.75) is 54.0 Å². The molecule has 5 rings (SSSR count). The van der Waals surface area contributed by atoms with Crippen molar-refractivity contribution in [2.24, 2.45) is 5.10 Å². The van der Waals surface area contributed by atoms with Gasteiger partial charge in [0.25, 0.3) is 23.6 Å². The Labute approximate surface area is 375 Å². The molecule has 0 saturated carbocycles. The van der Waals surface area contributed by atoms with Crippen molar-refractivity contribution < 1.29 is 33.5 Å². The number of para-hydroxylation sites is 2. The van der Waals surface area contributed by atoms with Gasteiger partial charge in [0.15, 0.2) is 24.3 Å². The number of hydrogen-bond acceptors (Lipinski definition) is 9. The van der Waals surface area contributed by atoms with Crippen molar-refractivity contribution in [3.8, 4) is 0 Å². The fourth-order valence-corrected chi connectivity index (χ4v) is 7.42. The number of nitrogens with one attached hydrogen (secondary N) is 1. The maximum absolute atomic E-state index is 14.1. The molecule has 0 spiro atoms. The van der Waals surface area contributed by atoms with Crippen LogP contribution in [0.25, 0.3) is 0 Å². The Hall–Kier alpha value is -7.48. The highest BCUT2D eigenvalue weighted by molar-refractivity contribution is 6.67. The lowest BCUT2D eigenvalue weighted by Gasteiger charge is -2.27. The van der Waals surface area contributed by atoms with Crippen LogP contribution in [0.1, 0.15) is 54.2 Å². The minimum absolute atomic E-state index is 0.170. The predicted octanol–water partition coefficient (Wildman–Crippen LogP) is 6.38. The Morgan fingerprint density at radius 2 is 1.16 bits per heavy atom. The van der Waals surface area contributed by atoms with Crippen LogP contribution < -0.4 is 30.0 Å². The molecule has 0 aromatic heterocycles. The van der Waals surface area contributed by atoms with Crippen LogP contribution in [0.2, 0.25) is 0 Å². The number of aryl methyl sites for hydroxylation is 3. The van der Waals surface area contributed by atoms with Gasteiger partial charge in [0.1, 0.15) is 0 Å². The summed E-state index contributed by atoms with van der Waals surface area (Å²) in [5.41, 5.74) is 10.3. The number of allylic oxidation sites excluding steroid dienone is 3. The van der Waals surface area contributed by atoms with Crippen LogP contribution in [0.3, 0.4) is 0 Å². The van der Waals surface area contributed by atoms with E-state index in [1.54, 1.807) is 107 Å². The van der Waals surface area contributed by atoms with Gasteiger partial charge in [-0.25, -0.2) is 0 Å². The number of likely N-dealkylation sites (N-methyl/N-ethyl adjacent to an activating group) is 2. The van der Waals surface area contributed by atoms with E-state index in [1.165, 1.54) is 28.7 Å². The highest BCUT2D eigenvalue weighted by atomic mass is 16.2. The first-order valence-corrected chi connectivity index (χ1v) is 20.7. The van der Waals surface area contributed by atoms with Crippen LogP contribution in [-0.4, -0.2) is 99.6 Å². The van der Waals surface area contributed by atoms with E-state index in [1.807, 2.05) is 80.6 Å². The Kier molecular flexibility index (Phi) is 15.0. The molecule has 332 valence electrons. The number of nitrogens with zero attached hydrogens (tertiary/aromatic N) is 7. The summed E-state index contributed by atoms with van der Waals surface area (Å²) >= 11 is 0. The first-order valence-electron chi connectivity index (χ1n) is 20.7. The van der Waals surface area contributed by atoms with Crippen LogP contribution >= 0.6 is 0 Å². The number of ketones is 2. The first kappa shape index (κ1) is 47.6. The summed E-state index contributed by atoms with van der Waals surface area (Å²) in [7, 11) is 9.85. The number of Topliss-reactive ketones (excluding diaryl/α,β-unsaturated/α-hetero) is 2. The van der Waals surface area contributed by atoms with Crippen LogP contribution in [0.5, 0.6) is 0 Å². The molecule has 0 saturated heterocycles. The maximum atomic E-state index is 14.1. The molecule has 0 aliphatic heterocycles. The SMILES string of the molecule is CC(=O)/C(=N\N(C)c1cc(C(=O)N(C)c2ccccc2)ccc1C)C(=O)N(C)c1cc(C)c(N(C)C(=O)C(N/[N+](C)=C2/CC(C(=O)N(C)c3ccccc3)=CC=C2C)C(C)=O)cc1C. The third-order valence-electron chi connectivity index (χ3n) is 11.4. The largest absolute Gasteiger partial charge is 0.313 e. The van der Waals surface area contributed by atoms with E-state index in [9.17, 15) is 28.8 Å². The monoisotopic (exact) mass is 865 g/mol. The summed E-state index contributed by atoms with van der Waals surface area (Å²) < 4.78 is 1.63. The zero-order chi connectivity index (χ0) is 47.2. The summed E-state index contributed by atoms with van der Waals surface area (Å²) in [6.07, 6.45) is 3.91. The lowest BCUT2D eigenvalue weighted by molar-refractivity contribution is -0.562. The zero-order valence-corrected chi connectivity index (χ0v) is 38.7. The molecule has 4 amide bonds. The van der Waals surface area contributed by atoms with E-state index >= 15 is 0 Å². The molecule has 14 heteroatoms. The fourth-order valence-electron chi connectivity index (χ4n) is 7.42. The Morgan fingerprint density at radius 1 is 0.625 bits per heavy atom. The third-order valence-corrected chi connectivity index (χ3v) is 11.4. The molecule has 0 heterocycles. The van der Waals surface area contributed by atoms with Gasteiger partial charge in [0.05, 0.1) is 12.1 Å². The average molecular weight is 866 g/mol. The molecule has 4 aromatic carbocycles. The smallest absolute Gasteiger partial charge is 0.282 e. The highest BCUT2D eigenvalue weighted by Gasteiger charge is 2.34. The van der Waals surface area contributed by atoms with E-state index in [-0.39, 0.29) is 23.9 Å². The van der Waals surface area contributed by atoms with Crippen molar-refractivity contribution in [2.75, 3.05) is 66.9 Å². The fraction of sp³-hybridized carbons (Fsp3) is 0.280. The quantitative estimate of drug-likeness (QED) is 0.0666. The molecule has 4 aromatic rings. The summed E-state index contributed by atoms with van der Waals surface area (Å²) in [4.78, 5) is 87.1. The van der Waals surface area contributed by atoms with Gasteiger partial charge in [0.2, 0.25) is 11.8 Å². The normalized spacial score (nSPS) is 13.7. The molecule has 0 fully saturated rings. The number of hydrazone groups is 2. The maximum Gasteiger partial charge on any atom is 0.282 e. The van der Waals surface area contributed by atoms with Gasteiger partial charge in [-0.1, -0.05) is 54.6 Å². The summed E-state index contributed by atoms with van der Waals surface area (Å²) in [5, 5.41) is 5.89. The molecule has 1 atom stereocenters. The second kappa shape index (κ2) is 20.1. The van der Waals surface area contributed by atoms with E-state index in [0.29, 0.717) is 39.3 Å². The molecule has 0 radical (unpaired) electrons. The van der Waals surface area contributed by atoms with E-state index in [4.69, 9.17) is 0 Å². The molecular weight excluding hydrogens is 809 g/mol.